The van der Waals surface area contributed by atoms with Crippen molar-refractivity contribution in [3.8, 4) is 23.0 Å². The molecule has 6 aliphatic rings. The van der Waals surface area contributed by atoms with Crippen molar-refractivity contribution in [2.45, 2.75) is 262 Å². The van der Waals surface area contributed by atoms with E-state index in [0.717, 1.165) is 124 Å². The van der Waals surface area contributed by atoms with Crippen LogP contribution >= 0.6 is 0 Å². The van der Waals surface area contributed by atoms with Gasteiger partial charge >= 0.3 is 93.8 Å². The third-order valence-corrected chi connectivity index (χ3v) is 14.2. The quantitative estimate of drug-likeness (QED) is 0.188. The van der Waals surface area contributed by atoms with Crippen molar-refractivity contribution in [1.29, 1.82) is 0 Å². The predicted octanol–water partition coefficient (Wildman–Crippen LogP) is 13.6. The van der Waals surface area contributed by atoms with E-state index in [2.05, 4.69) is 83.1 Å². The van der Waals surface area contributed by atoms with Crippen molar-refractivity contribution in [1.82, 2.24) is 0 Å². The Morgan fingerprint density at radius 3 is 0.500 bits per heavy atom. The topological polar surface area (TPSA) is 194 Å². The van der Waals surface area contributed by atoms with Gasteiger partial charge in [-0.15, -0.1) is 35.2 Å². The van der Waals surface area contributed by atoms with Crippen LogP contribution in [0.2, 0.25) is 0 Å². The molecule has 90 heavy (non-hydrogen) atoms. The zero-order valence-electron chi connectivity index (χ0n) is 59.6. The molecule has 0 saturated carbocycles. The van der Waals surface area contributed by atoms with E-state index in [9.17, 15) is 30.6 Å². The van der Waals surface area contributed by atoms with Gasteiger partial charge in [0, 0.05) is 79.3 Å². The summed E-state index contributed by atoms with van der Waals surface area (Å²) in [5.41, 5.74) is 9.57. The van der Waals surface area contributed by atoms with Crippen molar-refractivity contribution >= 4 is 0 Å². The second-order valence-electron chi connectivity index (χ2n) is 28.6. The number of hydrogen-bond acceptors (Lipinski definition) is 12. The first-order chi connectivity index (χ1) is 41.1. The molecule has 10 rings (SSSR count). The molecule has 0 aliphatic carbocycles. The molecular weight excluding hydrogens is 1450 g/mol. The van der Waals surface area contributed by atoms with Crippen molar-refractivity contribution < 1.29 is 153 Å². The van der Waals surface area contributed by atoms with Gasteiger partial charge in [-0.2, -0.15) is 0 Å². The van der Waals surface area contributed by atoms with Crippen LogP contribution in [0.1, 0.15) is 255 Å². The molecule has 526 valence electrons. The molecule has 12 nitrogen and oxygen atoms in total. The molecule has 4 aromatic rings. The van der Waals surface area contributed by atoms with Gasteiger partial charge < -0.3 is 59.1 Å². The van der Waals surface area contributed by atoms with Crippen molar-refractivity contribution in [2.75, 3.05) is 79.3 Å². The Kier molecular flexibility index (Phi) is 49.0. The number of ether oxygens (including phenoxy) is 6. The van der Waals surface area contributed by atoms with Crippen LogP contribution in [-0.2, 0) is 62.9 Å². The number of hydrogen-bond donors (Lipinski definition) is 0. The third-order valence-electron chi connectivity index (χ3n) is 14.2. The number of benzene rings is 4. The summed E-state index contributed by atoms with van der Waals surface area (Å²) in [7, 11) is 0. The monoisotopic (exact) mass is 1570 g/mol. The maximum atomic E-state index is 12.9. The van der Waals surface area contributed by atoms with E-state index < -0.39 is 12.2 Å². The van der Waals surface area contributed by atoms with E-state index in [1.165, 1.54) is 77.0 Å². The molecule has 0 N–H and O–H groups in total. The van der Waals surface area contributed by atoms with Crippen LogP contribution in [0.4, 0.5) is 0 Å². The second kappa shape index (κ2) is 48.5. The summed E-state index contributed by atoms with van der Waals surface area (Å²) < 4.78 is 29.7. The van der Waals surface area contributed by atoms with Crippen LogP contribution in [0.3, 0.4) is 0 Å². The molecule has 0 amide bonds. The van der Waals surface area contributed by atoms with E-state index in [-0.39, 0.29) is 139 Å². The smallest absolute Gasteiger partial charge is 0.872 e. The van der Waals surface area contributed by atoms with Crippen LogP contribution in [0.25, 0.3) is 0 Å². The van der Waals surface area contributed by atoms with E-state index in [4.69, 9.17) is 28.4 Å². The SMILES string of the molecule is C1CCOC1.C1CCOC1.C1CCOC1.C1CCOC1.C1CCOC1.C1CCOC1.CC(C)[O-].CC(C)[O-].Cc1cc(Cc2cc(C)cc(C(C)(C)C)c2[O-])c([O-])c(C(C)(C)C)c1.Cc1cc(Cc2cc(C)cc(C(C)(C)C)c2[O-])c([O-])c(C(C)(C)C)c1.[Yb+3].[Yb+3]. The Morgan fingerprint density at radius 1 is 0.289 bits per heavy atom. The molecule has 14 heteroatoms. The molecule has 6 aliphatic heterocycles. The molecule has 6 saturated heterocycles. The van der Waals surface area contributed by atoms with Crippen molar-refractivity contribution in [2.24, 2.45) is 0 Å². The fourth-order valence-electron chi connectivity index (χ4n) is 9.62. The summed E-state index contributed by atoms with van der Waals surface area (Å²) in [5.74, 6) is 0.264. The Bertz CT molecular complexity index is 2090. The first-order valence-corrected chi connectivity index (χ1v) is 33.1. The van der Waals surface area contributed by atoms with Gasteiger partial charge in [-0.25, -0.2) is 0 Å². The summed E-state index contributed by atoms with van der Waals surface area (Å²) in [4.78, 5) is 0. The molecule has 0 bridgehead atoms. The van der Waals surface area contributed by atoms with Crippen molar-refractivity contribution in [3.63, 3.8) is 0 Å². The molecule has 6 fully saturated rings. The Hall–Kier alpha value is -1.20. The van der Waals surface area contributed by atoms with Crippen LogP contribution in [0, 0.1) is 122 Å². The maximum absolute atomic E-state index is 12.9. The summed E-state index contributed by atoms with van der Waals surface area (Å²) in [6, 6.07) is 15.6. The van der Waals surface area contributed by atoms with Crippen LogP contribution in [-0.4, -0.2) is 91.5 Å². The van der Waals surface area contributed by atoms with Gasteiger partial charge in [0.2, 0.25) is 0 Å². The fraction of sp³-hybridized carbons (Fsp3) is 0.684. The second-order valence-corrected chi connectivity index (χ2v) is 28.6. The first kappa shape index (κ1) is 90.9. The minimum atomic E-state index is -0.417. The van der Waals surface area contributed by atoms with Gasteiger partial charge in [-0.05, 0) is 162 Å². The minimum absolute atomic E-state index is 0. The molecule has 0 atom stereocenters. The zero-order chi connectivity index (χ0) is 66.7. The minimum Gasteiger partial charge on any atom is -0.872 e. The van der Waals surface area contributed by atoms with Gasteiger partial charge in [0.1, 0.15) is 0 Å². The summed E-state index contributed by atoms with van der Waals surface area (Å²) in [6.07, 6.45) is 15.3. The van der Waals surface area contributed by atoms with Gasteiger partial charge in [0.15, 0.2) is 0 Å². The van der Waals surface area contributed by atoms with Gasteiger partial charge in [-0.3, -0.25) is 0 Å². The van der Waals surface area contributed by atoms with Gasteiger partial charge in [0.05, 0.1) is 0 Å². The zero-order valence-corrected chi connectivity index (χ0v) is 63.0. The molecule has 0 spiro atoms. The number of aryl methyl sites for hydroxylation is 4. The Balaban J connectivity index is 0. The third kappa shape index (κ3) is 41.0. The summed E-state index contributed by atoms with van der Waals surface area (Å²) in [5, 5.41) is 70.8. The molecule has 4 aromatic carbocycles. The predicted molar refractivity (Wildman–Crippen MR) is 354 cm³/mol. The number of rotatable bonds is 4. The molecule has 0 unspecified atom stereocenters. The van der Waals surface area contributed by atoms with Crippen LogP contribution in [0.5, 0.6) is 23.0 Å². The summed E-state index contributed by atoms with van der Waals surface area (Å²) in [6.45, 7) is 51.1. The molecule has 6 heterocycles. The Morgan fingerprint density at radius 2 is 0.411 bits per heavy atom. The fourth-order valence-corrected chi connectivity index (χ4v) is 9.62. The van der Waals surface area contributed by atoms with E-state index in [1.807, 2.05) is 76.2 Å². The van der Waals surface area contributed by atoms with Gasteiger partial charge in [0.25, 0.3) is 0 Å². The van der Waals surface area contributed by atoms with Crippen LogP contribution < -0.4 is 30.6 Å². The van der Waals surface area contributed by atoms with Crippen molar-refractivity contribution in [3.05, 3.63) is 115 Å². The molecule has 2 radical (unpaired) electrons. The largest absolute Gasteiger partial charge is 3.00 e. The molecule has 0 aromatic heterocycles. The maximum Gasteiger partial charge on any atom is 3.00 e. The van der Waals surface area contributed by atoms with E-state index >= 15 is 0 Å². The Labute approximate surface area is 626 Å². The summed E-state index contributed by atoms with van der Waals surface area (Å²) >= 11 is 0. The average Bonchev–Trinajstić information content (AvgIpc) is 1.98. The van der Waals surface area contributed by atoms with Crippen LogP contribution in [0.15, 0.2) is 48.5 Å². The standard InChI is InChI=1S/2C23H32O2.6C4H8O.2C3H7O.2Yb/c2*1-14-9-16(20(24)18(11-14)22(3,4)5)13-17-10-15(2)12-19(21(17)25)23(6,7)8;6*1-2-4-5-3-1;2*1-3(2)4;;/h2*9-12,24-25H,13H2,1-8H3;6*1-4H2;2*3H,1-2H3;;/q;;;;;;;;2*-1;2*+3/p-4. The van der Waals surface area contributed by atoms with E-state index in [0.29, 0.717) is 35.1 Å². The normalized spacial score (nSPS) is 15.7. The molecular formula is C76H122O12Yb2. The van der Waals surface area contributed by atoms with E-state index in [1.54, 1.807) is 27.7 Å². The van der Waals surface area contributed by atoms with Gasteiger partial charge in [-0.1, -0.05) is 204 Å². The first-order valence-electron chi connectivity index (χ1n) is 33.1. The average molecular weight is 1570 g/mol.